The van der Waals surface area contributed by atoms with E-state index >= 15 is 0 Å². The molecule has 8 heteroatoms. The van der Waals surface area contributed by atoms with Crippen LogP contribution in [0.3, 0.4) is 0 Å². The van der Waals surface area contributed by atoms with Crippen molar-refractivity contribution in [3.63, 3.8) is 0 Å². The van der Waals surface area contributed by atoms with E-state index in [9.17, 15) is 4.79 Å². The number of pyridine rings is 1. The van der Waals surface area contributed by atoms with Crippen molar-refractivity contribution in [1.29, 1.82) is 0 Å². The molecule has 1 aliphatic rings. The SMILES string of the molecule is Cc1ccnc2ncn(Cc3nc([C@H]4C[C@H](c5ccc(Cl)cc5)C4)no3)c(=O)c12. The van der Waals surface area contributed by atoms with Gasteiger partial charge in [-0.25, -0.2) is 9.97 Å². The third-order valence-corrected chi connectivity index (χ3v) is 5.82. The van der Waals surface area contributed by atoms with Crippen LogP contribution in [0.5, 0.6) is 0 Å². The van der Waals surface area contributed by atoms with Crippen molar-refractivity contribution < 1.29 is 4.52 Å². The summed E-state index contributed by atoms with van der Waals surface area (Å²) in [5, 5.41) is 5.39. The van der Waals surface area contributed by atoms with Crippen molar-refractivity contribution in [1.82, 2.24) is 24.7 Å². The summed E-state index contributed by atoms with van der Waals surface area (Å²) in [5.74, 6) is 1.86. The van der Waals surface area contributed by atoms with Crippen molar-refractivity contribution in [2.75, 3.05) is 0 Å². The Balaban J connectivity index is 1.31. The smallest absolute Gasteiger partial charge is 0.263 e. The molecular weight excluding hydrogens is 390 g/mol. The number of rotatable bonds is 4. The molecule has 1 aliphatic carbocycles. The van der Waals surface area contributed by atoms with E-state index < -0.39 is 0 Å². The largest absolute Gasteiger partial charge is 0.337 e. The topological polar surface area (TPSA) is 86.7 Å². The van der Waals surface area contributed by atoms with Gasteiger partial charge in [0.2, 0.25) is 5.89 Å². The molecule has 7 nitrogen and oxygen atoms in total. The van der Waals surface area contributed by atoms with E-state index in [-0.39, 0.29) is 18.0 Å². The summed E-state index contributed by atoms with van der Waals surface area (Å²) >= 11 is 5.96. The molecule has 4 aromatic rings. The molecule has 3 heterocycles. The summed E-state index contributed by atoms with van der Waals surface area (Å²) in [4.78, 5) is 25.7. The Hall–Kier alpha value is -3.06. The predicted octanol–water partition coefficient (Wildman–Crippen LogP) is 3.85. The maximum atomic E-state index is 12.8. The second-order valence-corrected chi connectivity index (χ2v) is 7.90. The third-order valence-electron chi connectivity index (χ3n) is 5.57. The Morgan fingerprint density at radius 2 is 1.93 bits per heavy atom. The molecule has 5 rings (SSSR count). The Morgan fingerprint density at radius 3 is 2.72 bits per heavy atom. The summed E-state index contributed by atoms with van der Waals surface area (Å²) in [6.45, 7) is 2.06. The van der Waals surface area contributed by atoms with Gasteiger partial charge in [-0.3, -0.25) is 9.36 Å². The minimum absolute atomic E-state index is 0.160. The first-order valence-electron chi connectivity index (χ1n) is 9.47. The Labute approximate surface area is 171 Å². The zero-order valence-electron chi connectivity index (χ0n) is 15.7. The van der Waals surface area contributed by atoms with E-state index in [2.05, 4.69) is 32.2 Å². The first-order valence-corrected chi connectivity index (χ1v) is 9.85. The Kier molecular flexibility index (Phi) is 4.39. The van der Waals surface area contributed by atoms with E-state index in [1.54, 1.807) is 12.3 Å². The van der Waals surface area contributed by atoms with Crippen molar-refractivity contribution in [3.05, 3.63) is 81.1 Å². The van der Waals surface area contributed by atoms with Gasteiger partial charge in [-0.2, -0.15) is 4.98 Å². The Bertz CT molecular complexity index is 1240. The maximum absolute atomic E-state index is 12.8. The van der Waals surface area contributed by atoms with Crippen molar-refractivity contribution in [2.24, 2.45) is 0 Å². The number of nitrogens with zero attached hydrogens (tertiary/aromatic N) is 5. The van der Waals surface area contributed by atoms with E-state index in [0.717, 1.165) is 23.4 Å². The highest BCUT2D eigenvalue weighted by Gasteiger charge is 2.34. The lowest BCUT2D eigenvalue weighted by Crippen LogP contribution is -2.23. The highest BCUT2D eigenvalue weighted by atomic mass is 35.5. The molecule has 3 aromatic heterocycles. The van der Waals surface area contributed by atoms with Crippen molar-refractivity contribution in [2.45, 2.75) is 38.1 Å². The zero-order chi connectivity index (χ0) is 20.0. The van der Waals surface area contributed by atoms with Gasteiger partial charge in [-0.15, -0.1) is 0 Å². The number of aromatic nitrogens is 5. The standard InChI is InChI=1S/C21H18ClN5O2/c1-12-6-7-23-20-18(12)21(28)27(11-24-20)10-17-25-19(26-29-17)15-8-14(9-15)13-2-4-16(22)5-3-13/h2-7,11,14-15H,8-10H2,1H3/t14-,15-. The van der Waals surface area contributed by atoms with Crippen LogP contribution in [0.15, 0.2) is 52.2 Å². The van der Waals surface area contributed by atoms with E-state index in [0.29, 0.717) is 28.7 Å². The minimum Gasteiger partial charge on any atom is -0.337 e. The average Bonchev–Trinajstić information content (AvgIpc) is 3.12. The molecule has 0 spiro atoms. The zero-order valence-corrected chi connectivity index (χ0v) is 16.5. The number of fused-ring (bicyclic) bond motifs is 1. The molecular formula is C21H18ClN5O2. The number of hydrogen-bond donors (Lipinski definition) is 0. The van der Waals surface area contributed by atoms with Crippen LogP contribution >= 0.6 is 11.6 Å². The normalized spacial score (nSPS) is 18.7. The fourth-order valence-electron chi connectivity index (χ4n) is 3.82. The molecule has 0 amide bonds. The first-order chi connectivity index (χ1) is 14.1. The molecule has 146 valence electrons. The molecule has 1 fully saturated rings. The van der Waals surface area contributed by atoms with Gasteiger partial charge in [0.05, 0.1) is 5.39 Å². The van der Waals surface area contributed by atoms with Crippen LogP contribution in [-0.2, 0) is 6.54 Å². The van der Waals surface area contributed by atoms with Gasteiger partial charge in [0.25, 0.3) is 5.56 Å². The van der Waals surface area contributed by atoms with E-state index in [4.69, 9.17) is 16.1 Å². The average molecular weight is 408 g/mol. The third kappa shape index (κ3) is 3.31. The first kappa shape index (κ1) is 18.0. The lowest BCUT2D eigenvalue weighted by atomic mass is 9.71. The molecule has 0 saturated heterocycles. The molecule has 0 N–H and O–H groups in total. The lowest BCUT2D eigenvalue weighted by molar-refractivity contribution is 0.315. The second-order valence-electron chi connectivity index (χ2n) is 7.47. The highest BCUT2D eigenvalue weighted by molar-refractivity contribution is 6.30. The molecule has 0 unspecified atom stereocenters. The van der Waals surface area contributed by atoms with Crippen LogP contribution in [0, 0.1) is 6.92 Å². The van der Waals surface area contributed by atoms with Gasteiger partial charge < -0.3 is 4.52 Å². The fourth-order valence-corrected chi connectivity index (χ4v) is 3.94. The van der Waals surface area contributed by atoms with Gasteiger partial charge >= 0.3 is 0 Å². The molecule has 0 radical (unpaired) electrons. The van der Waals surface area contributed by atoms with Gasteiger partial charge in [0, 0.05) is 17.1 Å². The lowest BCUT2D eigenvalue weighted by Gasteiger charge is -2.33. The minimum atomic E-state index is -0.160. The second kappa shape index (κ2) is 7.08. The summed E-state index contributed by atoms with van der Waals surface area (Å²) in [6.07, 6.45) is 5.07. The van der Waals surface area contributed by atoms with Gasteiger partial charge in [0.1, 0.15) is 12.9 Å². The van der Waals surface area contributed by atoms with Crippen LogP contribution in [0.2, 0.25) is 5.02 Å². The van der Waals surface area contributed by atoms with Crippen LogP contribution in [-0.4, -0.2) is 24.7 Å². The van der Waals surface area contributed by atoms with Gasteiger partial charge in [-0.1, -0.05) is 28.9 Å². The Morgan fingerprint density at radius 1 is 1.14 bits per heavy atom. The predicted molar refractivity (Wildman–Crippen MR) is 108 cm³/mol. The summed E-state index contributed by atoms with van der Waals surface area (Å²) < 4.78 is 6.88. The van der Waals surface area contributed by atoms with E-state index in [1.807, 2.05) is 19.1 Å². The van der Waals surface area contributed by atoms with Crippen LogP contribution in [0.1, 0.15) is 47.5 Å². The molecule has 1 aromatic carbocycles. The van der Waals surface area contributed by atoms with Crippen LogP contribution in [0.25, 0.3) is 11.0 Å². The maximum Gasteiger partial charge on any atom is 0.263 e. The molecule has 1 saturated carbocycles. The molecule has 0 atom stereocenters. The van der Waals surface area contributed by atoms with Gasteiger partial charge in [-0.05, 0) is 55.0 Å². The molecule has 29 heavy (non-hydrogen) atoms. The molecule has 0 aliphatic heterocycles. The summed E-state index contributed by atoms with van der Waals surface area (Å²) in [7, 11) is 0. The number of halogens is 1. The number of aryl methyl sites for hydroxylation is 1. The van der Waals surface area contributed by atoms with E-state index in [1.165, 1.54) is 16.5 Å². The summed E-state index contributed by atoms with van der Waals surface area (Å²) in [6, 6.07) is 9.78. The highest BCUT2D eigenvalue weighted by Crippen LogP contribution is 2.46. The van der Waals surface area contributed by atoms with Crippen molar-refractivity contribution >= 4 is 22.6 Å². The number of hydrogen-bond acceptors (Lipinski definition) is 6. The van der Waals surface area contributed by atoms with Crippen LogP contribution < -0.4 is 5.56 Å². The summed E-state index contributed by atoms with van der Waals surface area (Å²) in [5.41, 5.74) is 2.41. The van der Waals surface area contributed by atoms with Crippen molar-refractivity contribution in [3.8, 4) is 0 Å². The van der Waals surface area contributed by atoms with Gasteiger partial charge in [0.15, 0.2) is 11.5 Å². The quantitative estimate of drug-likeness (QED) is 0.510. The monoisotopic (exact) mass is 407 g/mol. The van der Waals surface area contributed by atoms with Crippen LogP contribution in [0.4, 0.5) is 0 Å². The molecule has 0 bridgehead atoms. The fraction of sp³-hybridized carbons (Fsp3) is 0.286. The number of benzene rings is 1.